The fourth-order valence-electron chi connectivity index (χ4n) is 5.15. The number of nitrogen functional groups attached to an aromatic ring is 2. The van der Waals surface area contributed by atoms with Gasteiger partial charge in [0.05, 0.1) is 18.6 Å². The first-order chi connectivity index (χ1) is 21.3. The quantitative estimate of drug-likeness (QED) is 0.133. The van der Waals surface area contributed by atoms with E-state index in [2.05, 4.69) is 30.2 Å². The Hall–Kier alpha value is -3.47. The first-order valence-corrected chi connectivity index (χ1v) is 16.2. The molecule has 22 nitrogen and oxygen atoms in total. The number of nitrogens with two attached hydrogens (primary N) is 2. The number of ether oxygens (including phenoxy) is 3. The lowest BCUT2D eigenvalue weighted by Gasteiger charge is -2.25. The van der Waals surface area contributed by atoms with E-state index in [1.165, 1.54) is 23.2 Å². The third-order valence-corrected chi connectivity index (χ3v) is 9.18. The maximum Gasteiger partial charge on any atom is 0.472 e. The summed E-state index contributed by atoms with van der Waals surface area (Å²) in [6.45, 7) is -0.907. The highest BCUT2D eigenvalue weighted by Gasteiger charge is 2.54. The summed E-state index contributed by atoms with van der Waals surface area (Å²) in [5, 5.41) is 18.3. The number of hydrogen-bond acceptors (Lipinski definition) is 17. The lowest BCUT2D eigenvalue weighted by Crippen LogP contribution is -2.35. The van der Waals surface area contributed by atoms with Crippen molar-refractivity contribution in [1.82, 2.24) is 39.5 Å². The lowest BCUT2D eigenvalue weighted by atomic mass is 10.1. The van der Waals surface area contributed by atoms with Crippen molar-refractivity contribution in [3.8, 4) is 0 Å². The molecule has 4 aromatic rings. The van der Waals surface area contributed by atoms with Crippen molar-refractivity contribution in [2.45, 2.75) is 49.3 Å². The van der Waals surface area contributed by atoms with E-state index in [1.807, 2.05) is 0 Å². The second kappa shape index (κ2) is 10.8. The number of imidazole rings is 1. The minimum Gasteiger partial charge on any atom is -0.397 e. The number of aromatic amines is 1. The number of fused-ring (bicyclic) bond motifs is 5. The summed E-state index contributed by atoms with van der Waals surface area (Å²) in [5.41, 5.74) is 10.8. The van der Waals surface area contributed by atoms with Gasteiger partial charge in [-0.3, -0.25) is 32.5 Å². The van der Waals surface area contributed by atoms with Crippen molar-refractivity contribution < 1.29 is 56.2 Å². The van der Waals surface area contributed by atoms with Gasteiger partial charge in [-0.25, -0.2) is 18.9 Å². The van der Waals surface area contributed by atoms with Gasteiger partial charge < -0.3 is 40.6 Å². The topological polar surface area (TPSA) is 309 Å². The molecule has 7 rings (SSSR count). The molecule has 0 aromatic carbocycles. The van der Waals surface area contributed by atoms with Crippen LogP contribution in [0.1, 0.15) is 12.5 Å². The van der Waals surface area contributed by atoms with Gasteiger partial charge in [-0.15, -0.1) is 5.10 Å². The fourth-order valence-corrected chi connectivity index (χ4v) is 7.12. The number of phosphoric ester groups is 1. The van der Waals surface area contributed by atoms with Crippen LogP contribution in [0.4, 0.5) is 16.0 Å². The average molecular weight is 676 g/mol. The molecule has 0 radical (unpaired) electrons. The number of H-pyrrole nitrogens is 1. The minimum atomic E-state index is -5.19. The summed E-state index contributed by atoms with van der Waals surface area (Å²) in [6, 6.07) is 1.48. The van der Waals surface area contributed by atoms with E-state index in [-0.39, 0.29) is 34.0 Å². The molecule has 3 aliphatic heterocycles. The first-order valence-electron chi connectivity index (χ1n) is 12.9. The van der Waals surface area contributed by atoms with E-state index in [0.717, 1.165) is 4.68 Å². The number of aliphatic hydroxyl groups excluding tert-OH is 1. The molecule has 25 heteroatoms. The summed E-state index contributed by atoms with van der Waals surface area (Å²) in [6.07, 6.45) is -13.0. The number of hydrogen-bond donors (Lipinski definition) is 6. The van der Waals surface area contributed by atoms with E-state index < -0.39 is 83.3 Å². The molecule has 3 aliphatic rings. The van der Waals surface area contributed by atoms with Crippen molar-refractivity contribution in [3.05, 3.63) is 28.9 Å². The number of phosphoric acid groups is 1. The Morgan fingerprint density at radius 3 is 2.67 bits per heavy atom. The Morgan fingerprint density at radius 2 is 1.87 bits per heavy atom. The molecule has 7 heterocycles. The fraction of sp³-hybridized carbons (Fsp3) is 0.500. The number of aliphatic hydroxyl groups is 1. The van der Waals surface area contributed by atoms with Crippen molar-refractivity contribution in [2.24, 2.45) is 0 Å². The van der Waals surface area contributed by atoms with Crippen LogP contribution in [0.15, 0.2) is 23.4 Å². The van der Waals surface area contributed by atoms with Crippen LogP contribution in [-0.2, 0) is 36.9 Å². The molecule has 10 atom stereocenters. The number of nitrogens with zero attached hydrogens (tertiary/aromatic N) is 7. The van der Waals surface area contributed by atoms with Gasteiger partial charge in [0.2, 0.25) is 5.95 Å². The molecule has 4 unspecified atom stereocenters. The highest BCUT2D eigenvalue weighted by molar-refractivity contribution is 7.52. The molecule has 4 aromatic heterocycles. The molecule has 45 heavy (non-hydrogen) atoms. The van der Waals surface area contributed by atoms with Crippen molar-refractivity contribution >= 4 is 49.4 Å². The van der Waals surface area contributed by atoms with Gasteiger partial charge in [-0.2, -0.15) is 9.67 Å². The van der Waals surface area contributed by atoms with E-state index in [9.17, 15) is 28.8 Å². The number of rotatable bonds is 2. The van der Waals surface area contributed by atoms with E-state index >= 15 is 4.39 Å². The number of anilines is 2. The van der Waals surface area contributed by atoms with Crippen LogP contribution < -0.4 is 17.0 Å². The smallest absolute Gasteiger partial charge is 0.397 e. The summed E-state index contributed by atoms with van der Waals surface area (Å²) in [5.74, 6) is -0.338. The third-order valence-electron chi connectivity index (χ3n) is 7.14. The van der Waals surface area contributed by atoms with Crippen molar-refractivity contribution in [2.75, 3.05) is 24.4 Å². The van der Waals surface area contributed by atoms with E-state index in [4.69, 9.17) is 39.2 Å². The number of pyridine rings is 1. The van der Waals surface area contributed by atoms with Gasteiger partial charge in [0.25, 0.3) is 5.56 Å². The molecular formula is C20H23FN10O12P2. The molecule has 242 valence electrons. The van der Waals surface area contributed by atoms with Crippen LogP contribution in [0, 0.1) is 0 Å². The second-order valence-corrected chi connectivity index (χ2v) is 13.3. The molecular weight excluding hydrogens is 653 g/mol. The SMILES string of the molecule is Nc1nc2c(nnn2[C@@H]2O[C@@H]3OCP(=O)(O)O[C@@H]4C(F)[C@H](n5cnc6c(N)ccnc65)O[C@@H]4COP(=O)(O)OC2[C@H]3O)c(=O)[nH]1. The Bertz CT molecular complexity index is 1940. The van der Waals surface area contributed by atoms with Crippen LogP contribution in [0.5, 0.6) is 0 Å². The Labute approximate surface area is 248 Å². The van der Waals surface area contributed by atoms with Gasteiger partial charge in [0, 0.05) is 6.20 Å². The van der Waals surface area contributed by atoms with Crippen LogP contribution in [-0.4, -0.2) is 104 Å². The summed E-state index contributed by atoms with van der Waals surface area (Å²) >= 11 is 0. The van der Waals surface area contributed by atoms with E-state index in [1.54, 1.807) is 0 Å². The number of aromatic nitrogens is 8. The predicted octanol–water partition coefficient (Wildman–Crippen LogP) is -1.36. The Balaban J connectivity index is 1.21. The second-order valence-electron chi connectivity index (χ2n) is 10.1. The average Bonchev–Trinajstić information content (AvgIpc) is 3.72. The van der Waals surface area contributed by atoms with Gasteiger partial charge in [0.1, 0.15) is 29.9 Å². The normalized spacial score (nSPS) is 37.7. The maximum absolute atomic E-state index is 15.9. The van der Waals surface area contributed by atoms with Gasteiger partial charge in [-0.05, 0) is 6.07 Å². The Kier molecular flexibility index (Phi) is 7.26. The third kappa shape index (κ3) is 5.30. The highest BCUT2D eigenvalue weighted by atomic mass is 31.2. The van der Waals surface area contributed by atoms with Gasteiger partial charge in [-0.1, -0.05) is 5.21 Å². The monoisotopic (exact) mass is 676 g/mol. The van der Waals surface area contributed by atoms with Crippen LogP contribution >= 0.6 is 15.4 Å². The number of nitrogens with one attached hydrogen (secondary N) is 1. The maximum atomic E-state index is 15.9. The van der Waals surface area contributed by atoms with E-state index in [0.29, 0.717) is 0 Å². The first kappa shape index (κ1) is 30.2. The van der Waals surface area contributed by atoms with Crippen LogP contribution in [0.3, 0.4) is 0 Å². The number of halogens is 1. The number of alkyl halides is 1. The molecule has 8 N–H and O–H groups in total. The molecule has 0 spiro atoms. The highest BCUT2D eigenvalue weighted by Crippen LogP contribution is 2.53. The molecule has 0 saturated carbocycles. The lowest BCUT2D eigenvalue weighted by molar-refractivity contribution is -0.170. The molecule has 0 amide bonds. The summed E-state index contributed by atoms with van der Waals surface area (Å²) in [4.78, 5) is 47.9. The Morgan fingerprint density at radius 1 is 1.07 bits per heavy atom. The van der Waals surface area contributed by atoms with Crippen LogP contribution in [0.25, 0.3) is 22.3 Å². The molecule has 2 bridgehead atoms. The minimum absolute atomic E-state index is 0.122. The molecule has 3 fully saturated rings. The molecule has 0 aliphatic carbocycles. The zero-order valence-electron chi connectivity index (χ0n) is 22.3. The van der Waals surface area contributed by atoms with Gasteiger partial charge in [0.15, 0.2) is 48.1 Å². The zero-order valence-corrected chi connectivity index (χ0v) is 24.1. The summed E-state index contributed by atoms with van der Waals surface area (Å²) < 4.78 is 76.3. The van der Waals surface area contributed by atoms with Gasteiger partial charge >= 0.3 is 15.4 Å². The zero-order chi connectivity index (χ0) is 31.8. The molecule has 3 saturated heterocycles. The predicted molar refractivity (Wildman–Crippen MR) is 142 cm³/mol. The van der Waals surface area contributed by atoms with Crippen LogP contribution in [0.2, 0.25) is 0 Å². The summed E-state index contributed by atoms with van der Waals surface area (Å²) in [7, 11) is -10.1. The standard InChI is InChI=1S/C20H23FN10O12P2/c21-8-12-7(40-17(8)30-4-25-9-6(22)1-2-24-14(9)30)3-39-45(36,37)43-13-11(32)19(38-5-44(34,35)42-12)41-18(13)31-15-10(28-29-31)16(33)27-20(23)26-15/h1-2,4,7-8,11-13,17-19,32H,3,5H2,(H2,22,24)(H,34,35)(H,36,37)(H3,23,26,27,33)/t7-,8?,11-,12+,13?,17-,18-,19+/m1/s1. The van der Waals surface area contributed by atoms with Crippen molar-refractivity contribution in [1.29, 1.82) is 0 Å². The largest absolute Gasteiger partial charge is 0.472 e. The van der Waals surface area contributed by atoms with Crippen molar-refractivity contribution in [3.63, 3.8) is 0 Å².